The lowest BCUT2D eigenvalue weighted by Gasteiger charge is -2.29. The summed E-state index contributed by atoms with van der Waals surface area (Å²) >= 11 is 12.2. The molecule has 2 heterocycles. The Labute approximate surface area is 245 Å². The number of pyridine rings is 1. The van der Waals surface area contributed by atoms with E-state index in [4.69, 9.17) is 27.9 Å². The zero-order chi connectivity index (χ0) is 30.0. The minimum atomic E-state index is -4.62. The standard InChI is InChI=1S/C27H28Cl2F3N3O5S/c1-15(27(30,31)32)40-17-4-5-21(19(28)11-17)41(38,39)18-12-20(23(36)34-25(2)7-8-25)35(14-18)24(37)26(9-10-26)16-3-6-22(29)33-13-16/h3-6,11,13,15,18,20H,7-10,12,14H2,1-2H3,(H,34,36)/t15-,18+,20-/m0/s1. The quantitative estimate of drug-likeness (QED) is 0.416. The van der Waals surface area contributed by atoms with Crippen LogP contribution in [-0.4, -0.2) is 65.8 Å². The second-order valence-electron chi connectivity index (χ2n) is 11.3. The van der Waals surface area contributed by atoms with Crippen molar-refractivity contribution in [3.05, 3.63) is 52.3 Å². The summed E-state index contributed by atoms with van der Waals surface area (Å²) in [6.45, 7) is 2.45. The van der Waals surface area contributed by atoms with Crippen LogP contribution in [0.4, 0.5) is 13.2 Å². The van der Waals surface area contributed by atoms with Gasteiger partial charge in [0.2, 0.25) is 11.8 Å². The predicted molar refractivity (Wildman–Crippen MR) is 145 cm³/mol. The molecule has 1 aromatic heterocycles. The van der Waals surface area contributed by atoms with Gasteiger partial charge >= 0.3 is 6.18 Å². The second kappa shape index (κ2) is 10.3. The number of nitrogens with zero attached hydrogens (tertiary/aromatic N) is 2. The first-order valence-corrected chi connectivity index (χ1v) is 15.4. The second-order valence-corrected chi connectivity index (χ2v) is 14.3. The summed E-state index contributed by atoms with van der Waals surface area (Å²) in [5.41, 5.74) is -0.685. The first-order chi connectivity index (χ1) is 19.1. The average Bonchev–Trinajstić information content (AvgIpc) is 3.79. The van der Waals surface area contributed by atoms with Crippen LogP contribution in [-0.2, 0) is 24.8 Å². The van der Waals surface area contributed by atoms with Crippen LogP contribution in [0.15, 0.2) is 41.4 Å². The van der Waals surface area contributed by atoms with E-state index in [1.807, 2.05) is 6.92 Å². The highest BCUT2D eigenvalue weighted by Crippen LogP contribution is 2.51. The fourth-order valence-electron chi connectivity index (χ4n) is 5.11. The van der Waals surface area contributed by atoms with Gasteiger partial charge in [0.05, 0.1) is 20.6 Å². The maximum absolute atomic E-state index is 14.0. The van der Waals surface area contributed by atoms with E-state index in [0.717, 1.165) is 38.0 Å². The highest BCUT2D eigenvalue weighted by molar-refractivity contribution is 7.92. The van der Waals surface area contributed by atoms with Crippen molar-refractivity contribution in [1.82, 2.24) is 15.2 Å². The Hall–Kier alpha value is -2.57. The molecule has 1 aliphatic heterocycles. The van der Waals surface area contributed by atoms with E-state index in [1.54, 1.807) is 12.1 Å². The van der Waals surface area contributed by atoms with Gasteiger partial charge in [-0.15, -0.1) is 0 Å². The molecule has 0 bridgehead atoms. The lowest BCUT2D eigenvalue weighted by atomic mass is 9.95. The summed E-state index contributed by atoms with van der Waals surface area (Å²) in [6.07, 6.45) is -2.82. The number of sulfone groups is 1. The molecule has 3 fully saturated rings. The number of ether oxygens (including phenoxy) is 1. The zero-order valence-electron chi connectivity index (χ0n) is 22.2. The largest absolute Gasteiger partial charge is 0.481 e. The fraction of sp³-hybridized carbons (Fsp3) is 0.519. The van der Waals surface area contributed by atoms with Crippen molar-refractivity contribution in [2.24, 2.45) is 0 Å². The van der Waals surface area contributed by atoms with Crippen molar-refractivity contribution in [3.63, 3.8) is 0 Å². The maximum atomic E-state index is 14.0. The van der Waals surface area contributed by atoms with Crippen LogP contribution in [0, 0.1) is 0 Å². The molecular formula is C27H28Cl2F3N3O5S. The van der Waals surface area contributed by atoms with Crippen LogP contribution >= 0.6 is 23.2 Å². The normalized spacial score (nSPS) is 23.5. The smallest absolute Gasteiger partial charge is 0.425 e. The van der Waals surface area contributed by atoms with Gasteiger partial charge < -0.3 is 15.0 Å². The molecule has 222 valence electrons. The molecule has 2 aromatic rings. The molecule has 0 spiro atoms. The number of carbonyl (C=O) groups excluding carboxylic acids is 2. The summed E-state index contributed by atoms with van der Waals surface area (Å²) in [5.74, 6) is -1.04. The van der Waals surface area contributed by atoms with Crippen molar-refractivity contribution in [1.29, 1.82) is 0 Å². The molecule has 1 aromatic carbocycles. The molecule has 1 N–H and O–H groups in total. The van der Waals surface area contributed by atoms with E-state index in [-0.39, 0.29) is 39.7 Å². The molecule has 0 unspecified atom stereocenters. The SMILES string of the molecule is C[C@H](Oc1ccc(S(=O)(=O)[C@@H]2C[C@@H](C(=O)NC3(C)CC3)N(C(=O)C3(c4ccc(Cl)nc4)CC3)C2)c(Cl)c1)C(F)(F)F. The topological polar surface area (TPSA) is 106 Å². The number of rotatable bonds is 8. The maximum Gasteiger partial charge on any atom is 0.425 e. The first kappa shape index (κ1) is 29.9. The third-order valence-electron chi connectivity index (χ3n) is 8.11. The van der Waals surface area contributed by atoms with Crippen molar-refractivity contribution in [2.75, 3.05) is 6.54 Å². The number of benzene rings is 1. The molecule has 2 saturated carbocycles. The third kappa shape index (κ3) is 5.87. The number of nitrogens with one attached hydrogen (secondary N) is 1. The lowest BCUT2D eigenvalue weighted by molar-refractivity contribution is -0.189. The summed E-state index contributed by atoms with van der Waals surface area (Å²) in [5, 5.41) is 1.71. The molecule has 1 saturated heterocycles. The van der Waals surface area contributed by atoms with Crippen LogP contribution in [0.2, 0.25) is 10.2 Å². The number of hydrogen-bond acceptors (Lipinski definition) is 6. The van der Waals surface area contributed by atoms with Crippen molar-refractivity contribution in [2.45, 2.75) is 85.4 Å². The Morgan fingerprint density at radius 2 is 1.83 bits per heavy atom. The molecular weight excluding hydrogens is 606 g/mol. The first-order valence-electron chi connectivity index (χ1n) is 13.1. The fourth-order valence-corrected chi connectivity index (χ4v) is 7.45. The van der Waals surface area contributed by atoms with Crippen LogP contribution in [0.3, 0.4) is 0 Å². The molecule has 14 heteroatoms. The Morgan fingerprint density at radius 1 is 1.15 bits per heavy atom. The number of carbonyl (C=O) groups is 2. The van der Waals surface area contributed by atoms with Crippen LogP contribution in [0.25, 0.3) is 0 Å². The van der Waals surface area contributed by atoms with Crippen molar-refractivity contribution in [3.8, 4) is 5.75 Å². The highest BCUT2D eigenvalue weighted by Gasteiger charge is 2.58. The van der Waals surface area contributed by atoms with E-state index in [1.165, 1.54) is 11.1 Å². The monoisotopic (exact) mass is 633 g/mol. The van der Waals surface area contributed by atoms with Gasteiger partial charge in [-0.1, -0.05) is 29.3 Å². The summed E-state index contributed by atoms with van der Waals surface area (Å²) < 4.78 is 71.1. The van der Waals surface area contributed by atoms with Gasteiger partial charge in [0.15, 0.2) is 15.9 Å². The number of aromatic nitrogens is 1. The number of alkyl halides is 3. The molecule has 3 aliphatic rings. The van der Waals surface area contributed by atoms with Crippen LogP contribution in [0.5, 0.6) is 5.75 Å². The highest BCUT2D eigenvalue weighted by atomic mass is 35.5. The van der Waals surface area contributed by atoms with Gasteiger partial charge in [-0.2, -0.15) is 13.2 Å². The Kier molecular flexibility index (Phi) is 7.52. The van der Waals surface area contributed by atoms with Crippen molar-refractivity contribution >= 4 is 44.9 Å². The van der Waals surface area contributed by atoms with E-state index < -0.39 is 50.3 Å². The number of hydrogen-bond donors (Lipinski definition) is 1. The number of amides is 2. The van der Waals surface area contributed by atoms with Gasteiger partial charge in [-0.05, 0) is 69.7 Å². The molecule has 5 rings (SSSR count). The Bertz CT molecular complexity index is 1480. The summed E-state index contributed by atoms with van der Waals surface area (Å²) in [4.78, 5) is 32.5. The minimum Gasteiger partial charge on any atom is -0.481 e. The van der Waals surface area contributed by atoms with Crippen molar-refractivity contribution < 1.29 is 35.9 Å². The third-order valence-corrected chi connectivity index (χ3v) is 10.9. The molecule has 8 nitrogen and oxygen atoms in total. The van der Waals surface area contributed by atoms with E-state index in [2.05, 4.69) is 10.3 Å². The van der Waals surface area contributed by atoms with Gasteiger partial charge in [0.25, 0.3) is 0 Å². The Morgan fingerprint density at radius 3 is 2.37 bits per heavy atom. The summed E-state index contributed by atoms with van der Waals surface area (Å²) in [6, 6.07) is 5.44. The van der Waals surface area contributed by atoms with Crippen LogP contribution in [0.1, 0.15) is 51.5 Å². The van der Waals surface area contributed by atoms with Gasteiger partial charge in [0.1, 0.15) is 16.9 Å². The zero-order valence-corrected chi connectivity index (χ0v) is 24.5. The predicted octanol–water partition coefficient (Wildman–Crippen LogP) is 4.86. The lowest BCUT2D eigenvalue weighted by Crippen LogP contribution is -2.51. The van der Waals surface area contributed by atoms with Gasteiger partial charge in [0, 0.05) is 24.3 Å². The van der Waals surface area contributed by atoms with E-state index in [0.29, 0.717) is 18.4 Å². The van der Waals surface area contributed by atoms with Gasteiger partial charge in [-0.3, -0.25) is 9.59 Å². The number of halogens is 5. The number of likely N-dealkylation sites (tertiary alicyclic amines) is 1. The summed E-state index contributed by atoms with van der Waals surface area (Å²) in [7, 11) is -4.21. The van der Waals surface area contributed by atoms with Gasteiger partial charge in [-0.25, -0.2) is 13.4 Å². The van der Waals surface area contributed by atoms with E-state index >= 15 is 0 Å². The Balaban J connectivity index is 1.42. The van der Waals surface area contributed by atoms with E-state index in [9.17, 15) is 31.2 Å². The molecule has 0 radical (unpaired) electrons. The van der Waals surface area contributed by atoms with Crippen LogP contribution < -0.4 is 10.1 Å². The molecule has 3 atom stereocenters. The molecule has 41 heavy (non-hydrogen) atoms. The molecule has 2 aliphatic carbocycles. The average molecular weight is 635 g/mol. The molecule has 2 amide bonds. The minimum absolute atomic E-state index is 0.162.